The van der Waals surface area contributed by atoms with E-state index in [2.05, 4.69) is 29.3 Å². The molecule has 0 aliphatic carbocycles. The highest BCUT2D eigenvalue weighted by Gasteiger charge is 2.18. The zero-order valence-corrected chi connectivity index (χ0v) is 18.0. The maximum absolute atomic E-state index is 12.7. The number of likely N-dealkylation sites (N-methyl/N-ethyl adjacent to an activating group) is 1. The van der Waals surface area contributed by atoms with Gasteiger partial charge in [-0.25, -0.2) is 0 Å². The molecule has 0 unspecified atom stereocenters. The number of hydrogen-bond acceptors (Lipinski definition) is 3. The number of nitrogens with one attached hydrogen (secondary N) is 2. The number of quaternary nitrogens is 1. The highest BCUT2D eigenvalue weighted by atomic mass is 16.5. The molecule has 0 saturated carbocycles. The fourth-order valence-corrected chi connectivity index (χ4v) is 3.86. The monoisotopic (exact) mass is 416 g/mol. The van der Waals surface area contributed by atoms with Crippen LogP contribution >= 0.6 is 0 Å². The molecule has 1 heterocycles. The summed E-state index contributed by atoms with van der Waals surface area (Å²) in [4.78, 5) is 16.8. The van der Waals surface area contributed by atoms with Gasteiger partial charge in [0.25, 0.3) is 5.91 Å². The first-order valence-corrected chi connectivity index (χ1v) is 11.0. The number of hydrogen-bond donors (Lipinski definition) is 2. The van der Waals surface area contributed by atoms with Crippen LogP contribution in [0.25, 0.3) is 0 Å². The first kappa shape index (κ1) is 20.9. The third kappa shape index (κ3) is 5.64. The van der Waals surface area contributed by atoms with Crippen LogP contribution in [0.2, 0.25) is 0 Å². The maximum Gasteiger partial charge on any atom is 0.255 e. The van der Waals surface area contributed by atoms with Crippen molar-refractivity contribution in [2.24, 2.45) is 0 Å². The molecule has 1 fully saturated rings. The van der Waals surface area contributed by atoms with Crippen molar-refractivity contribution in [2.75, 3.05) is 42.9 Å². The SMILES string of the molecule is CC[NH+]1CCN(c2ccc(NC(=O)c3cccc(OCc4ccccc4)c3)cc2)CC1. The van der Waals surface area contributed by atoms with Crippen LogP contribution in [0.4, 0.5) is 11.4 Å². The van der Waals surface area contributed by atoms with E-state index < -0.39 is 0 Å². The lowest BCUT2D eigenvalue weighted by molar-refractivity contribution is -0.898. The molecule has 1 saturated heterocycles. The zero-order chi connectivity index (χ0) is 21.5. The number of anilines is 2. The number of carbonyl (C=O) groups is 1. The minimum Gasteiger partial charge on any atom is -0.489 e. The van der Waals surface area contributed by atoms with Crippen LogP contribution in [0.15, 0.2) is 78.9 Å². The predicted octanol–water partition coefficient (Wildman–Crippen LogP) is 3.24. The van der Waals surface area contributed by atoms with Gasteiger partial charge in [-0.3, -0.25) is 4.79 Å². The Balaban J connectivity index is 1.34. The molecule has 5 nitrogen and oxygen atoms in total. The van der Waals surface area contributed by atoms with E-state index in [0.717, 1.165) is 24.3 Å². The Morgan fingerprint density at radius 1 is 0.968 bits per heavy atom. The van der Waals surface area contributed by atoms with E-state index in [1.54, 1.807) is 17.0 Å². The summed E-state index contributed by atoms with van der Waals surface area (Å²) in [6.45, 7) is 8.41. The Morgan fingerprint density at radius 3 is 2.42 bits per heavy atom. The van der Waals surface area contributed by atoms with Crippen LogP contribution < -0.4 is 19.9 Å². The number of amides is 1. The number of carbonyl (C=O) groups excluding carboxylic acids is 1. The van der Waals surface area contributed by atoms with Gasteiger partial charge in [0.15, 0.2) is 0 Å². The Kier molecular flexibility index (Phi) is 6.85. The van der Waals surface area contributed by atoms with Crippen molar-refractivity contribution in [1.82, 2.24) is 0 Å². The Labute approximate surface area is 184 Å². The molecular formula is C26H30N3O2+. The van der Waals surface area contributed by atoms with E-state index in [1.807, 2.05) is 54.6 Å². The molecule has 1 aliphatic rings. The van der Waals surface area contributed by atoms with Crippen molar-refractivity contribution >= 4 is 17.3 Å². The molecule has 0 radical (unpaired) electrons. The Bertz CT molecular complexity index is 981. The van der Waals surface area contributed by atoms with Gasteiger partial charge in [-0.05, 0) is 55.0 Å². The Hall–Kier alpha value is -3.31. The minimum atomic E-state index is -0.141. The largest absolute Gasteiger partial charge is 0.489 e. The van der Waals surface area contributed by atoms with Gasteiger partial charge in [-0.2, -0.15) is 0 Å². The highest BCUT2D eigenvalue weighted by Crippen LogP contribution is 2.20. The predicted molar refractivity (Wildman–Crippen MR) is 125 cm³/mol. The third-order valence-electron chi connectivity index (χ3n) is 5.81. The summed E-state index contributed by atoms with van der Waals surface area (Å²) in [5.41, 5.74) is 3.68. The average Bonchev–Trinajstić information content (AvgIpc) is 2.84. The molecule has 0 bridgehead atoms. The van der Waals surface area contributed by atoms with E-state index in [1.165, 1.54) is 25.3 Å². The number of nitrogens with zero attached hydrogens (tertiary/aromatic N) is 1. The molecule has 3 aromatic carbocycles. The molecule has 0 aromatic heterocycles. The number of ether oxygens (including phenoxy) is 1. The third-order valence-corrected chi connectivity index (χ3v) is 5.81. The van der Waals surface area contributed by atoms with E-state index >= 15 is 0 Å². The van der Waals surface area contributed by atoms with Crippen LogP contribution in [0.5, 0.6) is 5.75 Å². The zero-order valence-electron chi connectivity index (χ0n) is 18.0. The lowest BCUT2D eigenvalue weighted by atomic mass is 10.2. The van der Waals surface area contributed by atoms with Gasteiger partial charge >= 0.3 is 0 Å². The van der Waals surface area contributed by atoms with Crippen molar-refractivity contribution in [3.63, 3.8) is 0 Å². The van der Waals surface area contributed by atoms with E-state index in [4.69, 9.17) is 4.74 Å². The highest BCUT2D eigenvalue weighted by molar-refractivity contribution is 6.04. The smallest absolute Gasteiger partial charge is 0.255 e. The molecule has 3 aromatic rings. The van der Waals surface area contributed by atoms with Gasteiger partial charge in [0, 0.05) is 16.9 Å². The molecular weight excluding hydrogens is 386 g/mol. The molecule has 5 heteroatoms. The van der Waals surface area contributed by atoms with Crippen LogP contribution in [0.1, 0.15) is 22.8 Å². The summed E-state index contributed by atoms with van der Waals surface area (Å²) >= 11 is 0. The van der Waals surface area contributed by atoms with Crippen LogP contribution in [-0.4, -0.2) is 38.6 Å². The standard InChI is InChI=1S/C26H29N3O2/c1-2-28-15-17-29(18-16-28)24-13-11-23(12-14-24)27-26(30)22-9-6-10-25(19-22)31-20-21-7-4-3-5-8-21/h3-14,19H,2,15-18,20H2,1H3,(H,27,30)/p+1. The fraction of sp³-hybridized carbons (Fsp3) is 0.269. The van der Waals surface area contributed by atoms with Crippen molar-refractivity contribution in [1.29, 1.82) is 0 Å². The summed E-state index contributed by atoms with van der Waals surface area (Å²) < 4.78 is 5.84. The van der Waals surface area contributed by atoms with Crippen LogP contribution in [0, 0.1) is 0 Å². The lowest BCUT2D eigenvalue weighted by Crippen LogP contribution is -3.14. The number of rotatable bonds is 7. The van der Waals surface area contributed by atoms with Gasteiger partial charge in [0.2, 0.25) is 0 Å². The van der Waals surface area contributed by atoms with Gasteiger partial charge < -0.3 is 19.9 Å². The quantitative estimate of drug-likeness (QED) is 0.622. The molecule has 4 rings (SSSR count). The molecule has 1 aliphatic heterocycles. The maximum atomic E-state index is 12.7. The second kappa shape index (κ2) is 10.1. The van der Waals surface area contributed by atoms with E-state index in [9.17, 15) is 4.79 Å². The minimum absolute atomic E-state index is 0.141. The second-order valence-electron chi connectivity index (χ2n) is 7.89. The summed E-state index contributed by atoms with van der Waals surface area (Å²) in [7, 11) is 0. The molecule has 160 valence electrons. The molecule has 1 amide bonds. The summed E-state index contributed by atoms with van der Waals surface area (Å²) in [5.74, 6) is 0.540. The molecule has 0 atom stereocenters. The summed E-state index contributed by atoms with van der Waals surface area (Å²) in [6.07, 6.45) is 0. The van der Waals surface area contributed by atoms with Crippen molar-refractivity contribution in [3.05, 3.63) is 90.0 Å². The second-order valence-corrected chi connectivity index (χ2v) is 7.89. The first-order valence-electron chi connectivity index (χ1n) is 11.0. The van der Waals surface area contributed by atoms with Gasteiger partial charge in [-0.15, -0.1) is 0 Å². The lowest BCUT2D eigenvalue weighted by Gasteiger charge is -2.33. The molecule has 31 heavy (non-hydrogen) atoms. The average molecular weight is 417 g/mol. The van der Waals surface area contributed by atoms with Gasteiger partial charge in [-0.1, -0.05) is 36.4 Å². The van der Waals surface area contributed by atoms with Gasteiger partial charge in [0.05, 0.1) is 32.7 Å². The molecule has 2 N–H and O–H groups in total. The first-order chi connectivity index (χ1) is 15.2. The Morgan fingerprint density at radius 2 is 1.71 bits per heavy atom. The fourth-order valence-electron chi connectivity index (χ4n) is 3.86. The topological polar surface area (TPSA) is 46.0 Å². The normalized spacial score (nSPS) is 14.3. The van der Waals surface area contributed by atoms with Crippen LogP contribution in [0.3, 0.4) is 0 Å². The van der Waals surface area contributed by atoms with Crippen LogP contribution in [-0.2, 0) is 6.61 Å². The summed E-state index contributed by atoms with van der Waals surface area (Å²) in [6, 6.07) is 25.4. The van der Waals surface area contributed by atoms with Crippen molar-refractivity contribution in [2.45, 2.75) is 13.5 Å². The van der Waals surface area contributed by atoms with Gasteiger partial charge in [0.1, 0.15) is 12.4 Å². The van der Waals surface area contributed by atoms with Crippen molar-refractivity contribution < 1.29 is 14.4 Å². The van der Waals surface area contributed by atoms with E-state index in [-0.39, 0.29) is 5.91 Å². The van der Waals surface area contributed by atoms with E-state index in [0.29, 0.717) is 17.9 Å². The number of benzene rings is 3. The van der Waals surface area contributed by atoms with Crippen molar-refractivity contribution in [3.8, 4) is 5.75 Å². The summed E-state index contributed by atoms with van der Waals surface area (Å²) in [5, 5.41) is 2.99. The number of piperazine rings is 1. The molecule has 0 spiro atoms.